The molecule has 11 heavy (non-hydrogen) atoms. The van der Waals surface area contributed by atoms with Crippen molar-refractivity contribution < 1.29 is 9.84 Å². The Morgan fingerprint density at radius 3 is 2.45 bits per heavy atom. The van der Waals surface area contributed by atoms with Crippen molar-refractivity contribution in [1.82, 2.24) is 0 Å². The van der Waals surface area contributed by atoms with Crippen molar-refractivity contribution >= 4 is 0 Å². The summed E-state index contributed by atoms with van der Waals surface area (Å²) in [6.45, 7) is 6.98. The number of hydrogen-bond acceptors (Lipinski definition) is 2. The van der Waals surface area contributed by atoms with Crippen LogP contribution in [0.2, 0.25) is 0 Å². The second-order valence-electron chi connectivity index (χ2n) is 3.27. The molecule has 0 rings (SSSR count). The highest BCUT2D eigenvalue weighted by molar-refractivity contribution is 4.45. The number of rotatable bonds is 6. The van der Waals surface area contributed by atoms with Gasteiger partial charge in [-0.25, -0.2) is 0 Å². The van der Waals surface area contributed by atoms with E-state index in [1.165, 1.54) is 6.42 Å². The molecule has 0 aliphatic carbocycles. The minimum absolute atomic E-state index is 0.554. The lowest BCUT2D eigenvalue weighted by Crippen LogP contribution is -2.11. The van der Waals surface area contributed by atoms with Gasteiger partial charge in [0, 0.05) is 6.61 Å². The van der Waals surface area contributed by atoms with Gasteiger partial charge in [-0.05, 0) is 25.2 Å². The Bertz CT molecular complexity index is 81.6. The van der Waals surface area contributed by atoms with Crippen LogP contribution >= 0.6 is 0 Å². The van der Waals surface area contributed by atoms with Crippen LogP contribution in [-0.2, 0) is 4.74 Å². The molecule has 0 aliphatic rings. The van der Waals surface area contributed by atoms with Crippen molar-refractivity contribution in [3.8, 4) is 0 Å². The lowest BCUT2D eigenvalue weighted by molar-refractivity contribution is -0.101. The molecule has 68 valence electrons. The Hall–Kier alpha value is -0.0800. The van der Waals surface area contributed by atoms with Gasteiger partial charge in [0.1, 0.15) is 0 Å². The first-order valence-corrected chi connectivity index (χ1v) is 4.46. The van der Waals surface area contributed by atoms with Gasteiger partial charge in [-0.3, -0.25) is 0 Å². The van der Waals surface area contributed by atoms with Gasteiger partial charge in [-0.2, -0.15) is 0 Å². The zero-order chi connectivity index (χ0) is 8.69. The highest BCUT2D eigenvalue weighted by atomic mass is 16.6. The molecule has 0 fully saturated rings. The van der Waals surface area contributed by atoms with Crippen LogP contribution in [0.1, 0.15) is 40.0 Å². The molecule has 1 unspecified atom stereocenters. The fourth-order valence-corrected chi connectivity index (χ4v) is 0.829. The third kappa shape index (κ3) is 7.82. The Balaban J connectivity index is 3.01. The number of aliphatic hydroxyl groups is 1. The minimum atomic E-state index is -0.554. The molecule has 0 saturated carbocycles. The van der Waals surface area contributed by atoms with Crippen LogP contribution in [0.15, 0.2) is 0 Å². The summed E-state index contributed by atoms with van der Waals surface area (Å²) >= 11 is 0. The third-order valence-corrected chi connectivity index (χ3v) is 1.59. The Kier molecular flexibility index (Phi) is 6.57. The molecule has 0 aromatic carbocycles. The van der Waals surface area contributed by atoms with Crippen molar-refractivity contribution in [3.63, 3.8) is 0 Å². The molecular formula is C9H20O2. The molecule has 0 radical (unpaired) electrons. The number of aliphatic hydroxyl groups excluding tert-OH is 1. The molecule has 0 saturated heterocycles. The van der Waals surface area contributed by atoms with Crippen LogP contribution < -0.4 is 0 Å². The van der Waals surface area contributed by atoms with Gasteiger partial charge in [-0.15, -0.1) is 0 Å². The molecule has 0 aliphatic heterocycles. The van der Waals surface area contributed by atoms with Crippen LogP contribution in [0.3, 0.4) is 0 Å². The monoisotopic (exact) mass is 160 g/mol. The van der Waals surface area contributed by atoms with Crippen LogP contribution in [0.4, 0.5) is 0 Å². The normalized spacial score (nSPS) is 13.9. The maximum absolute atomic E-state index is 9.00. The summed E-state index contributed by atoms with van der Waals surface area (Å²) in [7, 11) is 0. The molecule has 2 heteroatoms. The molecular weight excluding hydrogens is 140 g/mol. The van der Waals surface area contributed by atoms with E-state index >= 15 is 0 Å². The molecule has 0 aromatic rings. The summed E-state index contributed by atoms with van der Waals surface area (Å²) < 4.78 is 5.10. The van der Waals surface area contributed by atoms with Gasteiger partial charge < -0.3 is 9.84 Å². The molecule has 0 spiro atoms. The van der Waals surface area contributed by atoms with Crippen molar-refractivity contribution in [2.45, 2.75) is 46.3 Å². The molecule has 2 nitrogen and oxygen atoms in total. The first-order chi connectivity index (χ1) is 5.16. The molecule has 0 bridgehead atoms. The molecule has 1 N–H and O–H groups in total. The van der Waals surface area contributed by atoms with Crippen LogP contribution in [0.5, 0.6) is 0 Å². The zero-order valence-electron chi connectivity index (χ0n) is 7.84. The van der Waals surface area contributed by atoms with Crippen LogP contribution in [0, 0.1) is 5.92 Å². The zero-order valence-corrected chi connectivity index (χ0v) is 7.84. The summed E-state index contributed by atoms with van der Waals surface area (Å²) in [5.74, 6) is 0.734. The number of ether oxygens (including phenoxy) is 1. The van der Waals surface area contributed by atoms with E-state index in [4.69, 9.17) is 9.84 Å². The predicted octanol–water partition coefficient (Wildman–Crippen LogP) is 2.17. The maximum Gasteiger partial charge on any atom is 0.154 e. The average molecular weight is 160 g/mol. The highest BCUT2D eigenvalue weighted by Crippen LogP contribution is 2.04. The molecule has 0 heterocycles. The lowest BCUT2D eigenvalue weighted by Gasteiger charge is -2.09. The first kappa shape index (κ1) is 10.9. The SMILES string of the molecule is CCC(O)OCCCC(C)C. The Labute approximate surface area is 69.6 Å². The van der Waals surface area contributed by atoms with Gasteiger partial charge in [0.05, 0.1) is 0 Å². The van der Waals surface area contributed by atoms with Gasteiger partial charge in [0.25, 0.3) is 0 Å². The minimum Gasteiger partial charge on any atom is -0.368 e. The van der Waals surface area contributed by atoms with Gasteiger partial charge in [0.15, 0.2) is 6.29 Å². The number of hydrogen-bond donors (Lipinski definition) is 1. The van der Waals surface area contributed by atoms with Gasteiger partial charge in [-0.1, -0.05) is 20.8 Å². The standard InChI is InChI=1S/C9H20O2/c1-4-9(10)11-7-5-6-8(2)3/h8-10H,4-7H2,1-3H3. The lowest BCUT2D eigenvalue weighted by atomic mass is 10.1. The second-order valence-corrected chi connectivity index (χ2v) is 3.27. The highest BCUT2D eigenvalue weighted by Gasteiger charge is 1.99. The van der Waals surface area contributed by atoms with E-state index in [-0.39, 0.29) is 0 Å². The van der Waals surface area contributed by atoms with Crippen molar-refractivity contribution in [1.29, 1.82) is 0 Å². The quantitative estimate of drug-likeness (QED) is 0.476. The van der Waals surface area contributed by atoms with Crippen LogP contribution in [-0.4, -0.2) is 18.0 Å². The van der Waals surface area contributed by atoms with E-state index in [0.29, 0.717) is 13.0 Å². The van der Waals surface area contributed by atoms with Crippen molar-refractivity contribution in [2.75, 3.05) is 6.61 Å². The fraction of sp³-hybridized carbons (Fsp3) is 1.00. The average Bonchev–Trinajstić information content (AvgIpc) is 1.97. The third-order valence-electron chi connectivity index (χ3n) is 1.59. The van der Waals surface area contributed by atoms with E-state index in [0.717, 1.165) is 12.3 Å². The fourth-order valence-electron chi connectivity index (χ4n) is 0.829. The summed E-state index contributed by atoms with van der Waals surface area (Å²) in [4.78, 5) is 0. The van der Waals surface area contributed by atoms with Crippen molar-refractivity contribution in [3.05, 3.63) is 0 Å². The van der Waals surface area contributed by atoms with Crippen LogP contribution in [0.25, 0.3) is 0 Å². The Morgan fingerprint density at radius 1 is 1.36 bits per heavy atom. The maximum atomic E-state index is 9.00. The van der Waals surface area contributed by atoms with E-state index < -0.39 is 6.29 Å². The van der Waals surface area contributed by atoms with Crippen molar-refractivity contribution in [2.24, 2.45) is 5.92 Å². The second kappa shape index (κ2) is 6.62. The van der Waals surface area contributed by atoms with E-state index in [1.807, 2.05) is 6.92 Å². The van der Waals surface area contributed by atoms with Gasteiger partial charge >= 0.3 is 0 Å². The van der Waals surface area contributed by atoms with E-state index in [2.05, 4.69) is 13.8 Å². The summed E-state index contributed by atoms with van der Waals surface area (Å²) in [6.07, 6.45) is 2.36. The first-order valence-electron chi connectivity index (χ1n) is 4.46. The molecule has 1 atom stereocenters. The predicted molar refractivity (Wildman–Crippen MR) is 46.3 cm³/mol. The smallest absolute Gasteiger partial charge is 0.154 e. The summed E-state index contributed by atoms with van der Waals surface area (Å²) in [5, 5.41) is 9.00. The summed E-state index contributed by atoms with van der Waals surface area (Å²) in [5.41, 5.74) is 0. The molecule has 0 aromatic heterocycles. The summed E-state index contributed by atoms with van der Waals surface area (Å²) in [6, 6.07) is 0. The van der Waals surface area contributed by atoms with Gasteiger partial charge in [0.2, 0.25) is 0 Å². The largest absolute Gasteiger partial charge is 0.368 e. The van der Waals surface area contributed by atoms with E-state index in [9.17, 15) is 0 Å². The topological polar surface area (TPSA) is 29.5 Å². The Morgan fingerprint density at radius 2 is 2.00 bits per heavy atom. The van der Waals surface area contributed by atoms with E-state index in [1.54, 1.807) is 0 Å². The molecule has 0 amide bonds.